The summed E-state index contributed by atoms with van der Waals surface area (Å²) in [6, 6.07) is 11.1. The maximum atomic E-state index is 4.48. The van der Waals surface area contributed by atoms with Crippen molar-refractivity contribution in [2.45, 2.75) is 46.1 Å². The maximum Gasteiger partial charge on any atom is 0.0704 e. The van der Waals surface area contributed by atoms with Crippen molar-refractivity contribution in [3.63, 3.8) is 0 Å². The lowest BCUT2D eigenvalue weighted by atomic mass is 9.81. The summed E-state index contributed by atoms with van der Waals surface area (Å²) in [4.78, 5) is 4.48. The van der Waals surface area contributed by atoms with Gasteiger partial charge in [0.2, 0.25) is 0 Å². The molecule has 0 aliphatic heterocycles. The fraction of sp³-hybridized carbons (Fsp3) is 0.500. The number of nitrogens with zero attached hydrogens (tertiary/aromatic N) is 1. The predicted octanol–water partition coefficient (Wildman–Crippen LogP) is 4.36. The Hall–Kier alpha value is -1.41. The summed E-state index contributed by atoms with van der Waals surface area (Å²) < 4.78 is 0. The van der Waals surface area contributed by atoms with Gasteiger partial charge < -0.3 is 5.32 Å². The third kappa shape index (κ3) is 3.18. The molecular formula is C18H26N2. The zero-order valence-corrected chi connectivity index (χ0v) is 13.1. The average molecular weight is 270 g/mol. The van der Waals surface area contributed by atoms with Crippen molar-refractivity contribution in [2.24, 2.45) is 5.92 Å². The molecule has 2 nitrogen and oxygen atoms in total. The number of rotatable bonds is 6. The zero-order chi connectivity index (χ0) is 14.5. The molecule has 0 aliphatic rings. The van der Waals surface area contributed by atoms with Gasteiger partial charge in [-0.1, -0.05) is 39.0 Å². The summed E-state index contributed by atoms with van der Waals surface area (Å²) in [5.41, 5.74) is 2.51. The fourth-order valence-corrected chi connectivity index (χ4v) is 3.11. The number of para-hydroxylation sites is 1. The highest BCUT2D eigenvalue weighted by Gasteiger charge is 2.24. The van der Waals surface area contributed by atoms with Crippen LogP contribution in [0.3, 0.4) is 0 Å². The number of nitrogens with one attached hydrogen (secondary N) is 1. The minimum Gasteiger partial charge on any atom is -0.314 e. The van der Waals surface area contributed by atoms with Crippen LogP contribution in [0.1, 0.15) is 45.6 Å². The monoisotopic (exact) mass is 270 g/mol. The van der Waals surface area contributed by atoms with E-state index in [0.717, 1.165) is 12.1 Å². The van der Waals surface area contributed by atoms with E-state index in [9.17, 15) is 0 Å². The molecule has 1 aromatic heterocycles. The lowest BCUT2D eigenvalue weighted by molar-refractivity contribution is 0.379. The van der Waals surface area contributed by atoms with Gasteiger partial charge in [-0.05, 0) is 43.5 Å². The second-order valence-corrected chi connectivity index (χ2v) is 5.93. The first-order valence-electron chi connectivity index (χ1n) is 7.72. The van der Waals surface area contributed by atoms with Crippen LogP contribution in [0.4, 0.5) is 0 Å². The molecule has 108 valence electrons. The van der Waals surface area contributed by atoms with Crippen LogP contribution in [-0.2, 0) is 0 Å². The minimum absolute atomic E-state index is 0.473. The Morgan fingerprint density at radius 3 is 2.55 bits per heavy atom. The van der Waals surface area contributed by atoms with E-state index in [-0.39, 0.29) is 0 Å². The second kappa shape index (κ2) is 6.85. The Bertz CT molecular complexity index is 543. The number of aromatic nitrogens is 1. The SMILES string of the molecule is CCCNC(C)C(c1ccnc2ccccc12)C(C)C. The lowest BCUT2D eigenvalue weighted by Crippen LogP contribution is -2.35. The molecule has 2 atom stereocenters. The molecule has 2 heteroatoms. The highest BCUT2D eigenvalue weighted by atomic mass is 14.9. The third-order valence-corrected chi connectivity index (χ3v) is 4.02. The molecule has 0 bridgehead atoms. The lowest BCUT2D eigenvalue weighted by Gasteiger charge is -2.29. The Morgan fingerprint density at radius 2 is 1.85 bits per heavy atom. The number of benzene rings is 1. The normalized spacial score (nSPS) is 14.7. The fourth-order valence-electron chi connectivity index (χ4n) is 3.11. The van der Waals surface area contributed by atoms with Crippen molar-refractivity contribution in [3.05, 3.63) is 42.1 Å². The van der Waals surface area contributed by atoms with Crippen molar-refractivity contribution in [3.8, 4) is 0 Å². The molecule has 20 heavy (non-hydrogen) atoms. The number of fused-ring (bicyclic) bond motifs is 1. The topological polar surface area (TPSA) is 24.9 Å². The summed E-state index contributed by atoms with van der Waals surface area (Å²) >= 11 is 0. The van der Waals surface area contributed by atoms with E-state index in [2.05, 4.69) is 68.3 Å². The van der Waals surface area contributed by atoms with Gasteiger partial charge in [0, 0.05) is 23.5 Å². The van der Waals surface area contributed by atoms with Crippen molar-refractivity contribution in [1.82, 2.24) is 10.3 Å². The van der Waals surface area contributed by atoms with Crippen molar-refractivity contribution in [1.29, 1.82) is 0 Å². The first-order chi connectivity index (χ1) is 9.65. The minimum atomic E-state index is 0.473. The van der Waals surface area contributed by atoms with Gasteiger partial charge in [-0.25, -0.2) is 0 Å². The summed E-state index contributed by atoms with van der Waals surface area (Å²) in [5.74, 6) is 1.11. The Morgan fingerprint density at radius 1 is 1.10 bits per heavy atom. The van der Waals surface area contributed by atoms with Crippen LogP contribution in [0, 0.1) is 5.92 Å². The summed E-state index contributed by atoms with van der Waals surface area (Å²) in [7, 11) is 0. The van der Waals surface area contributed by atoms with Crippen LogP contribution in [-0.4, -0.2) is 17.6 Å². The summed E-state index contributed by atoms with van der Waals surface area (Å²) in [6.45, 7) is 10.2. The van der Waals surface area contributed by atoms with Crippen LogP contribution in [0.2, 0.25) is 0 Å². The molecule has 1 aromatic carbocycles. The van der Waals surface area contributed by atoms with Gasteiger partial charge in [0.05, 0.1) is 5.52 Å². The van der Waals surface area contributed by atoms with Gasteiger partial charge in [0.15, 0.2) is 0 Å². The Labute approximate surface area is 122 Å². The highest BCUT2D eigenvalue weighted by molar-refractivity contribution is 5.82. The number of hydrogen-bond donors (Lipinski definition) is 1. The van der Waals surface area contributed by atoms with E-state index in [1.807, 2.05) is 6.20 Å². The predicted molar refractivity (Wildman–Crippen MR) is 87.1 cm³/mol. The van der Waals surface area contributed by atoms with Gasteiger partial charge in [0.1, 0.15) is 0 Å². The third-order valence-electron chi connectivity index (χ3n) is 4.02. The summed E-state index contributed by atoms with van der Waals surface area (Å²) in [6.07, 6.45) is 3.12. The van der Waals surface area contributed by atoms with E-state index in [4.69, 9.17) is 0 Å². The van der Waals surface area contributed by atoms with Gasteiger partial charge in [0.25, 0.3) is 0 Å². The molecular weight excluding hydrogens is 244 g/mol. The van der Waals surface area contributed by atoms with Gasteiger partial charge in [-0.15, -0.1) is 0 Å². The van der Waals surface area contributed by atoms with Crippen LogP contribution < -0.4 is 5.32 Å². The van der Waals surface area contributed by atoms with E-state index >= 15 is 0 Å². The standard InChI is InChI=1S/C18H26N2/c1-5-11-19-14(4)18(13(2)3)16-10-12-20-17-9-7-6-8-15(16)17/h6-10,12-14,18-19H,5,11H2,1-4H3. The van der Waals surface area contributed by atoms with E-state index in [1.165, 1.54) is 17.4 Å². The molecule has 0 fully saturated rings. The molecule has 2 rings (SSSR count). The van der Waals surface area contributed by atoms with Crippen molar-refractivity contribution < 1.29 is 0 Å². The van der Waals surface area contributed by atoms with Gasteiger partial charge in [-0.3, -0.25) is 4.98 Å². The molecule has 0 spiro atoms. The molecule has 0 saturated heterocycles. The molecule has 2 aromatic rings. The number of hydrogen-bond acceptors (Lipinski definition) is 2. The first kappa shape index (κ1) is 15.0. The van der Waals surface area contributed by atoms with Gasteiger partial charge >= 0.3 is 0 Å². The van der Waals surface area contributed by atoms with Crippen LogP contribution >= 0.6 is 0 Å². The molecule has 1 N–H and O–H groups in total. The van der Waals surface area contributed by atoms with E-state index in [1.54, 1.807) is 0 Å². The van der Waals surface area contributed by atoms with Crippen molar-refractivity contribution >= 4 is 10.9 Å². The maximum absolute atomic E-state index is 4.48. The van der Waals surface area contributed by atoms with Gasteiger partial charge in [-0.2, -0.15) is 0 Å². The zero-order valence-electron chi connectivity index (χ0n) is 13.1. The average Bonchev–Trinajstić information content (AvgIpc) is 2.45. The van der Waals surface area contributed by atoms with Crippen LogP contribution in [0.5, 0.6) is 0 Å². The largest absolute Gasteiger partial charge is 0.314 e. The Balaban J connectivity index is 2.41. The van der Waals surface area contributed by atoms with Crippen molar-refractivity contribution in [2.75, 3.05) is 6.54 Å². The highest BCUT2D eigenvalue weighted by Crippen LogP contribution is 2.32. The van der Waals surface area contributed by atoms with E-state index in [0.29, 0.717) is 17.9 Å². The molecule has 2 unspecified atom stereocenters. The molecule has 0 saturated carbocycles. The Kier molecular flexibility index (Phi) is 5.13. The van der Waals surface area contributed by atoms with E-state index < -0.39 is 0 Å². The first-order valence-corrected chi connectivity index (χ1v) is 7.72. The second-order valence-electron chi connectivity index (χ2n) is 5.93. The molecule has 1 heterocycles. The van der Waals surface area contributed by atoms with Crippen LogP contribution in [0.15, 0.2) is 36.5 Å². The molecule has 0 radical (unpaired) electrons. The molecule has 0 aliphatic carbocycles. The number of pyridine rings is 1. The van der Waals surface area contributed by atoms with Crippen LogP contribution in [0.25, 0.3) is 10.9 Å². The summed E-state index contributed by atoms with van der Waals surface area (Å²) in [5, 5.41) is 4.95. The molecule has 0 amide bonds. The smallest absolute Gasteiger partial charge is 0.0704 e. The quantitative estimate of drug-likeness (QED) is 0.843.